The summed E-state index contributed by atoms with van der Waals surface area (Å²) in [5.41, 5.74) is 1.45. The molecule has 0 aliphatic carbocycles. The predicted octanol–water partition coefficient (Wildman–Crippen LogP) is 3.10. The Morgan fingerprint density at radius 3 is 2.31 bits per heavy atom. The van der Waals surface area contributed by atoms with E-state index in [2.05, 4.69) is 17.6 Å². The molecule has 0 aliphatic rings. The van der Waals surface area contributed by atoms with Crippen LogP contribution in [-0.2, 0) is 14.3 Å². The van der Waals surface area contributed by atoms with E-state index in [-0.39, 0.29) is 17.6 Å². The molecular weight excluding hydrogens is 332 g/mol. The zero-order valence-corrected chi connectivity index (χ0v) is 15.8. The lowest BCUT2D eigenvalue weighted by atomic mass is 10.1. The van der Waals surface area contributed by atoms with E-state index in [1.165, 1.54) is 13.0 Å². The Morgan fingerprint density at radius 2 is 1.69 bits per heavy atom. The van der Waals surface area contributed by atoms with E-state index in [0.717, 1.165) is 25.9 Å². The zero-order chi connectivity index (χ0) is 19.4. The van der Waals surface area contributed by atoms with E-state index < -0.39 is 0 Å². The Bertz CT molecular complexity index is 636. The summed E-state index contributed by atoms with van der Waals surface area (Å²) < 4.78 is 5.41. The Kier molecular flexibility index (Phi) is 9.94. The summed E-state index contributed by atoms with van der Waals surface area (Å²) in [5, 5.41) is 5.42. The quantitative estimate of drug-likeness (QED) is 0.361. The minimum atomic E-state index is -0.362. The molecule has 1 aromatic carbocycles. The van der Waals surface area contributed by atoms with Gasteiger partial charge in [0.2, 0.25) is 5.91 Å². The van der Waals surface area contributed by atoms with Gasteiger partial charge in [0.1, 0.15) is 0 Å². The number of amides is 2. The molecule has 6 nitrogen and oxygen atoms in total. The first-order valence-electron chi connectivity index (χ1n) is 8.90. The minimum absolute atomic E-state index is 0.0358. The van der Waals surface area contributed by atoms with Crippen LogP contribution in [0.1, 0.15) is 50.4 Å². The van der Waals surface area contributed by atoms with Crippen LogP contribution in [0.25, 0.3) is 0 Å². The summed E-state index contributed by atoms with van der Waals surface area (Å²) in [6.07, 6.45) is 4.15. The molecule has 6 heteroatoms. The van der Waals surface area contributed by atoms with Gasteiger partial charge in [0.05, 0.1) is 0 Å². The van der Waals surface area contributed by atoms with Crippen molar-refractivity contribution < 1.29 is 19.1 Å². The molecule has 0 aromatic heterocycles. The van der Waals surface area contributed by atoms with Crippen LogP contribution in [0.5, 0.6) is 0 Å². The summed E-state index contributed by atoms with van der Waals surface area (Å²) in [4.78, 5) is 35.1. The van der Waals surface area contributed by atoms with E-state index >= 15 is 0 Å². The van der Waals surface area contributed by atoms with Crippen molar-refractivity contribution in [3.05, 3.63) is 41.5 Å². The molecule has 0 radical (unpaired) electrons. The van der Waals surface area contributed by atoms with Crippen LogP contribution in [-0.4, -0.2) is 37.4 Å². The molecule has 0 heterocycles. The third-order valence-corrected chi connectivity index (χ3v) is 3.66. The average molecular weight is 360 g/mol. The number of nitrogens with one attached hydrogen (secondary N) is 2. The maximum atomic E-state index is 12.1. The largest absolute Gasteiger partial charge is 0.381 e. The van der Waals surface area contributed by atoms with E-state index in [1.54, 1.807) is 31.2 Å². The molecule has 0 saturated heterocycles. The highest BCUT2D eigenvalue weighted by molar-refractivity contribution is 6.07. The van der Waals surface area contributed by atoms with E-state index in [0.29, 0.717) is 30.0 Å². The first-order valence-corrected chi connectivity index (χ1v) is 8.90. The number of anilines is 1. The minimum Gasteiger partial charge on any atom is -0.381 e. The second-order valence-corrected chi connectivity index (χ2v) is 6.03. The number of hydrogen-bond donors (Lipinski definition) is 2. The lowest BCUT2D eigenvalue weighted by Crippen LogP contribution is -2.24. The van der Waals surface area contributed by atoms with Crippen LogP contribution in [0.15, 0.2) is 35.9 Å². The number of ketones is 1. The number of unbranched alkanes of at least 4 members (excludes halogenated alkanes) is 1. The normalized spacial score (nSPS) is 11.1. The highest BCUT2D eigenvalue weighted by Crippen LogP contribution is 2.11. The molecular formula is C20H28N2O4. The van der Waals surface area contributed by atoms with Crippen LogP contribution < -0.4 is 10.6 Å². The monoisotopic (exact) mass is 360 g/mol. The molecule has 0 atom stereocenters. The standard InChI is InChI=1S/C20H28N2O4/c1-4-5-12-26-13-6-11-21-19(24)14-15(2)20(25)22-18-9-7-17(8-10-18)16(3)23/h7-10,14H,4-6,11-13H2,1-3H3,(H,21,24)(H,22,25)/b15-14-. The number of benzene rings is 1. The summed E-state index contributed by atoms with van der Waals surface area (Å²) in [7, 11) is 0. The topological polar surface area (TPSA) is 84.5 Å². The van der Waals surface area contributed by atoms with Crippen LogP contribution in [0.4, 0.5) is 5.69 Å². The van der Waals surface area contributed by atoms with Crippen molar-refractivity contribution >= 4 is 23.3 Å². The fourth-order valence-corrected chi connectivity index (χ4v) is 2.07. The van der Waals surface area contributed by atoms with Gasteiger partial charge in [0, 0.05) is 42.7 Å². The molecule has 0 fully saturated rings. The highest BCUT2D eigenvalue weighted by atomic mass is 16.5. The van der Waals surface area contributed by atoms with E-state index in [4.69, 9.17) is 4.74 Å². The van der Waals surface area contributed by atoms with E-state index in [9.17, 15) is 14.4 Å². The molecule has 2 N–H and O–H groups in total. The van der Waals surface area contributed by atoms with Crippen molar-refractivity contribution in [1.82, 2.24) is 5.32 Å². The van der Waals surface area contributed by atoms with Gasteiger partial charge in [-0.05, 0) is 51.0 Å². The SMILES string of the molecule is CCCCOCCCNC(=O)/C=C(/C)C(=O)Nc1ccc(C(C)=O)cc1. The number of ether oxygens (including phenoxy) is 1. The predicted molar refractivity (Wildman–Crippen MR) is 102 cm³/mol. The van der Waals surface area contributed by atoms with Gasteiger partial charge >= 0.3 is 0 Å². The Labute approximate surface area is 155 Å². The number of hydrogen-bond acceptors (Lipinski definition) is 4. The fourth-order valence-electron chi connectivity index (χ4n) is 2.07. The highest BCUT2D eigenvalue weighted by Gasteiger charge is 2.08. The van der Waals surface area contributed by atoms with Crippen molar-refractivity contribution in [3.63, 3.8) is 0 Å². The second-order valence-electron chi connectivity index (χ2n) is 6.03. The molecule has 1 aromatic rings. The zero-order valence-electron chi connectivity index (χ0n) is 15.8. The molecule has 0 saturated carbocycles. The van der Waals surface area contributed by atoms with Gasteiger partial charge in [-0.2, -0.15) is 0 Å². The molecule has 0 spiro atoms. The van der Waals surface area contributed by atoms with Crippen molar-refractivity contribution in [1.29, 1.82) is 0 Å². The fraction of sp³-hybridized carbons (Fsp3) is 0.450. The first-order chi connectivity index (χ1) is 12.4. The number of Topliss-reactive ketones (excluding diaryl/α,β-unsaturated/α-hetero) is 1. The molecule has 26 heavy (non-hydrogen) atoms. The third-order valence-electron chi connectivity index (χ3n) is 3.66. The summed E-state index contributed by atoms with van der Waals surface area (Å²) in [6.45, 7) is 7.03. The number of carbonyl (C=O) groups excluding carboxylic acids is 3. The van der Waals surface area contributed by atoms with Gasteiger partial charge in [-0.1, -0.05) is 13.3 Å². The molecule has 0 unspecified atom stereocenters. The second kappa shape index (κ2) is 12.0. The number of rotatable bonds is 11. The van der Waals surface area contributed by atoms with Gasteiger partial charge < -0.3 is 15.4 Å². The van der Waals surface area contributed by atoms with Gasteiger partial charge in [0.25, 0.3) is 5.91 Å². The smallest absolute Gasteiger partial charge is 0.251 e. The third kappa shape index (κ3) is 8.58. The van der Waals surface area contributed by atoms with Crippen molar-refractivity contribution in [2.75, 3.05) is 25.1 Å². The molecule has 142 valence electrons. The Balaban J connectivity index is 2.36. The van der Waals surface area contributed by atoms with Crippen LogP contribution in [0, 0.1) is 0 Å². The Hall–Kier alpha value is -2.47. The van der Waals surface area contributed by atoms with Gasteiger partial charge in [-0.25, -0.2) is 0 Å². The van der Waals surface area contributed by atoms with E-state index in [1.807, 2.05) is 0 Å². The lowest BCUT2D eigenvalue weighted by Gasteiger charge is -2.07. The van der Waals surface area contributed by atoms with Crippen molar-refractivity contribution in [3.8, 4) is 0 Å². The molecule has 0 bridgehead atoms. The van der Waals surface area contributed by atoms with Crippen molar-refractivity contribution in [2.24, 2.45) is 0 Å². The maximum Gasteiger partial charge on any atom is 0.251 e. The molecule has 1 rings (SSSR count). The summed E-state index contributed by atoms with van der Waals surface area (Å²) in [6, 6.07) is 6.60. The van der Waals surface area contributed by atoms with Crippen LogP contribution in [0.2, 0.25) is 0 Å². The lowest BCUT2D eigenvalue weighted by molar-refractivity contribution is -0.117. The van der Waals surface area contributed by atoms with Crippen LogP contribution in [0.3, 0.4) is 0 Å². The van der Waals surface area contributed by atoms with Crippen molar-refractivity contribution in [2.45, 2.75) is 40.0 Å². The molecule has 0 aliphatic heterocycles. The van der Waals surface area contributed by atoms with Crippen LogP contribution >= 0.6 is 0 Å². The molecule has 2 amide bonds. The Morgan fingerprint density at radius 1 is 1.04 bits per heavy atom. The average Bonchev–Trinajstić information content (AvgIpc) is 2.61. The van der Waals surface area contributed by atoms with Gasteiger partial charge in [0.15, 0.2) is 5.78 Å². The maximum absolute atomic E-state index is 12.1. The summed E-state index contributed by atoms with van der Waals surface area (Å²) in [5.74, 6) is -0.705. The number of carbonyl (C=O) groups is 3. The summed E-state index contributed by atoms with van der Waals surface area (Å²) >= 11 is 0. The van der Waals surface area contributed by atoms with Gasteiger partial charge in [-0.15, -0.1) is 0 Å². The van der Waals surface area contributed by atoms with Gasteiger partial charge in [-0.3, -0.25) is 14.4 Å². The first kappa shape index (κ1) is 21.6.